The van der Waals surface area contributed by atoms with Crippen LogP contribution in [0.1, 0.15) is 69.2 Å². The number of Topliss-reactive ketones (excluding diaryl/α,β-unsaturated/α-hetero) is 1. The number of methoxy groups -OCH3 is 1. The number of hydrogen-bond acceptors (Lipinski definition) is 6. The van der Waals surface area contributed by atoms with Gasteiger partial charge in [-0.1, -0.05) is 57.0 Å². The van der Waals surface area contributed by atoms with E-state index in [4.69, 9.17) is 4.74 Å². The van der Waals surface area contributed by atoms with Crippen molar-refractivity contribution in [3.63, 3.8) is 0 Å². The average molecular weight is 473 g/mol. The van der Waals surface area contributed by atoms with Gasteiger partial charge in [-0.25, -0.2) is 8.42 Å². The molecule has 0 aromatic heterocycles. The minimum Gasteiger partial charge on any atom is -0.496 e. The summed E-state index contributed by atoms with van der Waals surface area (Å²) in [5.74, 6) is 0.688. The lowest BCUT2D eigenvalue weighted by Gasteiger charge is -2.36. The monoisotopic (exact) mass is 472 g/mol. The van der Waals surface area contributed by atoms with Crippen molar-refractivity contribution in [2.75, 3.05) is 19.4 Å². The predicted molar refractivity (Wildman–Crippen MR) is 131 cm³/mol. The average Bonchev–Trinajstić information content (AvgIpc) is 2.90. The fraction of sp³-hybridized carbons (Fsp3) is 0.500. The maximum Gasteiger partial charge on any atom is 0.180 e. The van der Waals surface area contributed by atoms with E-state index in [1.807, 2.05) is 36.4 Å². The highest BCUT2D eigenvalue weighted by atomic mass is 32.2. The van der Waals surface area contributed by atoms with Crippen LogP contribution < -0.4 is 15.4 Å². The third-order valence-electron chi connectivity index (χ3n) is 6.48. The molecule has 2 N–H and O–H groups in total. The summed E-state index contributed by atoms with van der Waals surface area (Å²) in [6, 6.07) is 13.3. The zero-order valence-electron chi connectivity index (χ0n) is 20.1. The van der Waals surface area contributed by atoms with Gasteiger partial charge in [0.25, 0.3) is 0 Å². The first-order valence-electron chi connectivity index (χ1n) is 11.7. The van der Waals surface area contributed by atoms with Crippen LogP contribution >= 0.6 is 0 Å². The second-order valence-corrected chi connectivity index (χ2v) is 11.0. The summed E-state index contributed by atoms with van der Waals surface area (Å²) in [6.07, 6.45) is 3.47. The van der Waals surface area contributed by atoms with Crippen molar-refractivity contribution < 1.29 is 17.9 Å². The molecule has 0 amide bonds. The van der Waals surface area contributed by atoms with Crippen molar-refractivity contribution in [2.45, 2.75) is 69.5 Å². The molecule has 0 saturated carbocycles. The number of sulfone groups is 1. The standard InChI is InChI=1S/C26H36N2O4S/c1-5-7-13-26(6-2)18-33(30,31)24-14-21(17-27-16-19(3)29)23(32-4)15-22(24)25(28-26)20-11-9-8-10-12-20/h8-12,14-15,25,27-28H,5-7,13,16-18H2,1-4H3/t25-,26-/m1/s1. The molecule has 0 aliphatic carbocycles. The lowest BCUT2D eigenvalue weighted by atomic mass is 9.88. The van der Waals surface area contributed by atoms with Crippen LogP contribution in [-0.4, -0.2) is 39.1 Å². The van der Waals surface area contributed by atoms with E-state index in [1.54, 1.807) is 13.2 Å². The molecule has 2 atom stereocenters. The number of nitrogens with one attached hydrogen (secondary N) is 2. The third kappa shape index (κ3) is 5.83. The van der Waals surface area contributed by atoms with Gasteiger partial charge in [0.05, 0.1) is 30.3 Å². The van der Waals surface area contributed by atoms with Crippen molar-refractivity contribution in [3.05, 3.63) is 59.2 Å². The predicted octanol–water partition coefficient (Wildman–Crippen LogP) is 4.18. The number of benzene rings is 2. The Morgan fingerprint density at radius 2 is 1.94 bits per heavy atom. The Morgan fingerprint density at radius 1 is 1.21 bits per heavy atom. The highest BCUT2D eigenvalue weighted by Crippen LogP contribution is 2.40. The van der Waals surface area contributed by atoms with E-state index in [9.17, 15) is 13.2 Å². The number of fused-ring (bicyclic) bond motifs is 1. The summed E-state index contributed by atoms with van der Waals surface area (Å²) >= 11 is 0. The van der Waals surface area contributed by atoms with E-state index >= 15 is 0 Å². The molecule has 7 heteroatoms. The van der Waals surface area contributed by atoms with E-state index in [2.05, 4.69) is 24.5 Å². The number of carbonyl (C=O) groups is 1. The Bertz CT molecular complexity index is 1070. The van der Waals surface area contributed by atoms with Crippen LogP contribution in [0.5, 0.6) is 5.75 Å². The summed E-state index contributed by atoms with van der Waals surface area (Å²) in [6.45, 7) is 6.28. The minimum atomic E-state index is -3.57. The zero-order chi connectivity index (χ0) is 24.1. The maximum absolute atomic E-state index is 13.8. The van der Waals surface area contributed by atoms with Crippen molar-refractivity contribution >= 4 is 15.6 Å². The Kier molecular flexibility index (Phi) is 8.32. The minimum absolute atomic E-state index is 0.0216. The molecule has 2 aromatic rings. The molecule has 0 radical (unpaired) electrons. The summed E-state index contributed by atoms with van der Waals surface area (Å²) in [7, 11) is -1.98. The van der Waals surface area contributed by atoms with Crippen LogP contribution in [0.15, 0.2) is 47.4 Å². The highest BCUT2D eigenvalue weighted by molar-refractivity contribution is 7.91. The molecular weight excluding hydrogens is 436 g/mol. The van der Waals surface area contributed by atoms with E-state index in [-0.39, 0.29) is 24.1 Å². The van der Waals surface area contributed by atoms with Gasteiger partial charge in [-0.15, -0.1) is 0 Å². The molecule has 1 aliphatic heterocycles. The Labute approximate surface area is 198 Å². The molecule has 0 spiro atoms. The summed E-state index contributed by atoms with van der Waals surface area (Å²) < 4.78 is 33.2. The Morgan fingerprint density at radius 3 is 2.55 bits per heavy atom. The molecule has 1 aliphatic rings. The molecular formula is C26H36N2O4S. The highest BCUT2D eigenvalue weighted by Gasteiger charge is 2.42. The number of ketones is 1. The van der Waals surface area contributed by atoms with Gasteiger partial charge in [0.1, 0.15) is 11.5 Å². The molecule has 0 saturated heterocycles. The lowest BCUT2D eigenvalue weighted by Crippen LogP contribution is -2.50. The quantitative estimate of drug-likeness (QED) is 0.540. The van der Waals surface area contributed by atoms with Gasteiger partial charge in [0, 0.05) is 17.6 Å². The van der Waals surface area contributed by atoms with Crippen LogP contribution in [0.3, 0.4) is 0 Å². The van der Waals surface area contributed by atoms with Crippen LogP contribution in [0.25, 0.3) is 0 Å². The topological polar surface area (TPSA) is 84.5 Å². The molecule has 0 fully saturated rings. The first-order valence-corrected chi connectivity index (χ1v) is 13.4. The van der Waals surface area contributed by atoms with Gasteiger partial charge >= 0.3 is 0 Å². The van der Waals surface area contributed by atoms with Crippen molar-refractivity contribution in [1.82, 2.24) is 10.6 Å². The van der Waals surface area contributed by atoms with E-state index < -0.39 is 15.4 Å². The number of rotatable bonds is 10. The number of unbranched alkanes of at least 4 members (excludes halogenated alkanes) is 1. The largest absolute Gasteiger partial charge is 0.496 e. The van der Waals surface area contributed by atoms with Crippen LogP contribution in [0, 0.1) is 0 Å². The van der Waals surface area contributed by atoms with Crippen LogP contribution in [0.2, 0.25) is 0 Å². The smallest absolute Gasteiger partial charge is 0.180 e. The molecule has 3 rings (SSSR count). The SMILES string of the molecule is CCCC[C@]1(CC)CS(=O)(=O)c2cc(CNCC(C)=O)c(OC)cc2[C@@H](c2ccccc2)N1. The lowest BCUT2D eigenvalue weighted by molar-refractivity contribution is -0.116. The van der Waals surface area contributed by atoms with E-state index in [0.29, 0.717) is 29.2 Å². The Hall–Kier alpha value is -2.22. The van der Waals surface area contributed by atoms with Gasteiger partial charge in [0.15, 0.2) is 9.84 Å². The van der Waals surface area contributed by atoms with Crippen molar-refractivity contribution in [1.29, 1.82) is 0 Å². The summed E-state index contributed by atoms with van der Waals surface area (Å²) in [5.41, 5.74) is 1.94. The Balaban J connectivity index is 2.18. The van der Waals surface area contributed by atoms with Crippen LogP contribution in [0.4, 0.5) is 0 Å². The number of carbonyl (C=O) groups excluding carboxylic acids is 1. The van der Waals surface area contributed by atoms with Gasteiger partial charge in [-0.2, -0.15) is 0 Å². The fourth-order valence-corrected chi connectivity index (χ4v) is 6.80. The van der Waals surface area contributed by atoms with Gasteiger partial charge in [-0.3, -0.25) is 10.1 Å². The molecule has 180 valence electrons. The molecule has 33 heavy (non-hydrogen) atoms. The van der Waals surface area contributed by atoms with E-state index in [0.717, 1.165) is 30.4 Å². The van der Waals surface area contributed by atoms with Crippen molar-refractivity contribution in [3.8, 4) is 5.75 Å². The number of ether oxygens (including phenoxy) is 1. The zero-order valence-corrected chi connectivity index (χ0v) is 20.9. The van der Waals surface area contributed by atoms with Gasteiger partial charge < -0.3 is 10.1 Å². The van der Waals surface area contributed by atoms with Gasteiger partial charge in [-0.05, 0) is 43.0 Å². The second-order valence-electron chi connectivity index (χ2n) is 8.99. The molecule has 1 heterocycles. The molecule has 6 nitrogen and oxygen atoms in total. The molecule has 0 bridgehead atoms. The summed E-state index contributed by atoms with van der Waals surface area (Å²) in [4.78, 5) is 11.7. The maximum atomic E-state index is 13.8. The fourth-order valence-electron chi connectivity index (χ4n) is 4.63. The first-order chi connectivity index (χ1) is 15.7. The first kappa shape index (κ1) is 25.4. The third-order valence-corrected chi connectivity index (χ3v) is 8.44. The molecule has 0 unspecified atom stereocenters. The molecule has 2 aromatic carbocycles. The number of hydrogen-bond donors (Lipinski definition) is 2. The second kappa shape index (κ2) is 10.8. The van der Waals surface area contributed by atoms with Crippen LogP contribution in [-0.2, 0) is 21.2 Å². The van der Waals surface area contributed by atoms with Gasteiger partial charge in [0.2, 0.25) is 0 Å². The summed E-state index contributed by atoms with van der Waals surface area (Å²) in [5, 5.41) is 6.86. The van der Waals surface area contributed by atoms with Crippen molar-refractivity contribution in [2.24, 2.45) is 0 Å². The normalized spacial score (nSPS) is 21.8. The van der Waals surface area contributed by atoms with E-state index in [1.165, 1.54) is 6.92 Å².